The van der Waals surface area contributed by atoms with Gasteiger partial charge in [0.15, 0.2) is 0 Å². The van der Waals surface area contributed by atoms with Crippen LogP contribution in [0.25, 0.3) is 97.4 Å². The molecule has 0 saturated heterocycles. The number of anilines is 3. The van der Waals surface area contributed by atoms with Gasteiger partial charge in [0.1, 0.15) is 11.2 Å². The summed E-state index contributed by atoms with van der Waals surface area (Å²) in [6.45, 7) is 0. The SMILES string of the molecule is c1cc(-c2cccc(N(c3ccccc3-c3ccc4ccccc4c3)c3ccccc3-c3ccc4c(c3)oc3ccccc34)c2)cc(-c2cccc3c2sc2ccccc23)c1. The highest BCUT2D eigenvalue weighted by molar-refractivity contribution is 7.26. The van der Waals surface area contributed by atoms with Crippen LogP contribution in [0.4, 0.5) is 17.1 Å². The van der Waals surface area contributed by atoms with Crippen molar-refractivity contribution in [3.05, 3.63) is 224 Å². The van der Waals surface area contributed by atoms with Gasteiger partial charge in [-0.1, -0.05) is 164 Å². The van der Waals surface area contributed by atoms with Crippen LogP contribution in [0, 0.1) is 0 Å². The first-order valence-electron chi connectivity index (χ1n) is 20.7. The van der Waals surface area contributed by atoms with Gasteiger partial charge in [-0.15, -0.1) is 11.3 Å². The van der Waals surface area contributed by atoms with E-state index in [4.69, 9.17) is 4.42 Å². The van der Waals surface area contributed by atoms with E-state index in [9.17, 15) is 0 Å². The van der Waals surface area contributed by atoms with Crippen molar-refractivity contribution in [2.24, 2.45) is 0 Å². The van der Waals surface area contributed by atoms with Crippen molar-refractivity contribution in [3.8, 4) is 44.5 Å². The molecular weight excluding hydrogens is 759 g/mol. The maximum atomic E-state index is 6.43. The van der Waals surface area contributed by atoms with Gasteiger partial charge >= 0.3 is 0 Å². The number of benzene rings is 10. The maximum Gasteiger partial charge on any atom is 0.136 e. The second kappa shape index (κ2) is 14.5. The van der Waals surface area contributed by atoms with Crippen LogP contribution in [0.15, 0.2) is 229 Å². The van der Waals surface area contributed by atoms with Crippen LogP contribution in [-0.2, 0) is 0 Å². The molecule has 0 aliphatic heterocycles. The third-order valence-electron chi connectivity index (χ3n) is 12.1. The van der Waals surface area contributed by atoms with Crippen LogP contribution in [0.2, 0.25) is 0 Å². The predicted molar refractivity (Wildman–Crippen MR) is 261 cm³/mol. The van der Waals surface area contributed by atoms with E-state index in [0.717, 1.165) is 61.3 Å². The lowest BCUT2D eigenvalue weighted by molar-refractivity contribution is 0.669. The third kappa shape index (κ3) is 6.09. The molecule has 61 heavy (non-hydrogen) atoms. The van der Waals surface area contributed by atoms with Crippen molar-refractivity contribution in [3.63, 3.8) is 0 Å². The number of para-hydroxylation sites is 3. The number of hydrogen-bond acceptors (Lipinski definition) is 3. The Labute approximate surface area is 357 Å². The molecule has 2 nitrogen and oxygen atoms in total. The van der Waals surface area contributed by atoms with E-state index in [0.29, 0.717) is 0 Å². The zero-order valence-corrected chi connectivity index (χ0v) is 33.9. The van der Waals surface area contributed by atoms with Crippen molar-refractivity contribution in [2.45, 2.75) is 0 Å². The van der Waals surface area contributed by atoms with E-state index in [1.54, 1.807) is 0 Å². The van der Waals surface area contributed by atoms with Gasteiger partial charge in [0.25, 0.3) is 0 Å². The van der Waals surface area contributed by atoms with Crippen LogP contribution in [0.1, 0.15) is 0 Å². The molecule has 0 unspecified atom stereocenters. The summed E-state index contributed by atoms with van der Waals surface area (Å²) in [5, 5.41) is 7.32. The van der Waals surface area contributed by atoms with E-state index in [2.05, 4.69) is 217 Å². The summed E-state index contributed by atoms with van der Waals surface area (Å²) in [5.41, 5.74) is 14.3. The first-order valence-corrected chi connectivity index (χ1v) is 21.6. The Morgan fingerprint density at radius 2 is 0.902 bits per heavy atom. The van der Waals surface area contributed by atoms with Crippen molar-refractivity contribution < 1.29 is 4.42 Å². The normalized spacial score (nSPS) is 11.6. The van der Waals surface area contributed by atoms with Gasteiger partial charge in [-0.25, -0.2) is 0 Å². The number of fused-ring (bicyclic) bond motifs is 7. The van der Waals surface area contributed by atoms with Gasteiger partial charge in [0.05, 0.1) is 11.4 Å². The topological polar surface area (TPSA) is 16.4 Å². The first-order chi connectivity index (χ1) is 30.2. The minimum atomic E-state index is 0.879. The summed E-state index contributed by atoms with van der Waals surface area (Å²) in [6.07, 6.45) is 0. The van der Waals surface area contributed by atoms with Crippen molar-refractivity contribution in [1.82, 2.24) is 0 Å². The smallest absolute Gasteiger partial charge is 0.136 e. The molecule has 12 aromatic rings. The molecule has 0 bridgehead atoms. The Balaban J connectivity index is 1.03. The number of hydrogen-bond donors (Lipinski definition) is 0. The lowest BCUT2D eigenvalue weighted by Gasteiger charge is -2.30. The Bertz CT molecular complexity index is 3630. The molecule has 2 heterocycles. The fraction of sp³-hybridized carbons (Fsp3) is 0. The van der Waals surface area contributed by atoms with E-state index >= 15 is 0 Å². The Morgan fingerprint density at radius 3 is 1.75 bits per heavy atom. The summed E-state index contributed by atoms with van der Waals surface area (Å²) in [5.74, 6) is 0. The molecular formula is C58H37NOS. The third-order valence-corrected chi connectivity index (χ3v) is 13.3. The Hall–Kier alpha value is -7.72. The molecule has 0 N–H and O–H groups in total. The highest BCUT2D eigenvalue weighted by Gasteiger charge is 2.22. The lowest BCUT2D eigenvalue weighted by atomic mass is 9.95. The quantitative estimate of drug-likeness (QED) is 0.160. The minimum Gasteiger partial charge on any atom is -0.456 e. The average Bonchev–Trinajstić information content (AvgIpc) is 3.90. The highest BCUT2D eigenvalue weighted by Crippen LogP contribution is 2.47. The van der Waals surface area contributed by atoms with E-state index < -0.39 is 0 Å². The largest absolute Gasteiger partial charge is 0.456 e. The zero-order chi connectivity index (χ0) is 40.3. The van der Waals surface area contributed by atoms with Crippen LogP contribution >= 0.6 is 11.3 Å². The maximum absolute atomic E-state index is 6.43. The summed E-state index contributed by atoms with van der Waals surface area (Å²) in [6, 6.07) is 81.3. The Morgan fingerprint density at radius 1 is 0.328 bits per heavy atom. The summed E-state index contributed by atoms with van der Waals surface area (Å²) in [4.78, 5) is 2.44. The second-order valence-electron chi connectivity index (χ2n) is 15.7. The molecule has 2 aromatic heterocycles. The average molecular weight is 796 g/mol. The molecule has 10 aromatic carbocycles. The molecule has 0 spiro atoms. The molecule has 0 atom stereocenters. The predicted octanol–water partition coefficient (Wildman–Crippen LogP) is 17.2. The number of nitrogens with zero attached hydrogens (tertiary/aromatic N) is 1. The molecule has 0 saturated carbocycles. The van der Waals surface area contributed by atoms with Gasteiger partial charge in [-0.05, 0) is 105 Å². The highest BCUT2D eigenvalue weighted by atomic mass is 32.1. The van der Waals surface area contributed by atoms with Crippen LogP contribution in [-0.4, -0.2) is 0 Å². The number of furan rings is 1. The fourth-order valence-corrected chi connectivity index (χ4v) is 10.4. The first kappa shape index (κ1) is 35.2. The molecule has 0 aliphatic rings. The summed E-state index contributed by atoms with van der Waals surface area (Å²) < 4.78 is 9.07. The molecule has 12 rings (SSSR count). The molecule has 0 radical (unpaired) electrons. The molecule has 0 aliphatic carbocycles. The lowest BCUT2D eigenvalue weighted by Crippen LogP contribution is -2.12. The van der Waals surface area contributed by atoms with Crippen molar-refractivity contribution in [1.29, 1.82) is 0 Å². The standard InChI is InChI=1S/C58H37NOS/c1-2-15-39-34-43(31-30-38(39)14-1)46-20-3-7-26-53(46)59(54-27-8-4-21-47(54)44-32-33-50-49-22-5-9-28-55(49)60-56(50)37-44)45-19-12-17-41(36-45)40-16-11-18-42(35-40)48-24-13-25-52-51-23-6-10-29-57(51)61-58(48)52/h1-37H. The van der Waals surface area contributed by atoms with Gasteiger partial charge in [-0.3, -0.25) is 0 Å². The molecule has 3 heteroatoms. The minimum absolute atomic E-state index is 0.879. The molecule has 0 amide bonds. The monoisotopic (exact) mass is 795 g/mol. The van der Waals surface area contributed by atoms with Gasteiger partial charge < -0.3 is 9.32 Å². The van der Waals surface area contributed by atoms with Crippen LogP contribution in [0.5, 0.6) is 0 Å². The van der Waals surface area contributed by atoms with E-state index in [1.807, 2.05) is 23.5 Å². The van der Waals surface area contributed by atoms with Gasteiger partial charge in [0, 0.05) is 47.8 Å². The van der Waals surface area contributed by atoms with Gasteiger partial charge in [-0.2, -0.15) is 0 Å². The fourth-order valence-electron chi connectivity index (χ4n) is 9.15. The van der Waals surface area contributed by atoms with E-state index in [1.165, 1.54) is 53.2 Å². The summed E-state index contributed by atoms with van der Waals surface area (Å²) in [7, 11) is 0. The molecule has 286 valence electrons. The number of thiophene rings is 1. The zero-order valence-electron chi connectivity index (χ0n) is 33.1. The number of rotatable bonds is 7. The van der Waals surface area contributed by atoms with E-state index in [-0.39, 0.29) is 0 Å². The molecule has 0 fully saturated rings. The van der Waals surface area contributed by atoms with Crippen LogP contribution < -0.4 is 4.90 Å². The second-order valence-corrected chi connectivity index (χ2v) is 16.7. The van der Waals surface area contributed by atoms with Crippen LogP contribution in [0.3, 0.4) is 0 Å². The Kier molecular flexibility index (Phi) is 8.39. The summed E-state index contributed by atoms with van der Waals surface area (Å²) >= 11 is 1.87. The van der Waals surface area contributed by atoms with Crippen molar-refractivity contribution >= 4 is 81.3 Å². The van der Waals surface area contributed by atoms with Crippen molar-refractivity contribution in [2.75, 3.05) is 4.90 Å². The van der Waals surface area contributed by atoms with Gasteiger partial charge in [0.2, 0.25) is 0 Å².